The third-order valence-electron chi connectivity index (χ3n) is 5.29. The minimum absolute atomic E-state index is 0.0526. The zero-order valence-electron chi connectivity index (χ0n) is 22.2. The smallest absolute Gasteiger partial charge is 0.408 e. The largest absolute Gasteiger partial charge is 0.494 e. The van der Waals surface area contributed by atoms with Gasteiger partial charge in [-0.25, -0.2) is 14.4 Å². The van der Waals surface area contributed by atoms with Crippen molar-refractivity contribution in [3.8, 4) is 5.75 Å². The van der Waals surface area contributed by atoms with E-state index >= 15 is 0 Å². The van der Waals surface area contributed by atoms with Gasteiger partial charge in [0.25, 0.3) is 11.8 Å². The van der Waals surface area contributed by atoms with Crippen molar-refractivity contribution in [2.24, 2.45) is 5.16 Å². The molecule has 3 amide bonds. The van der Waals surface area contributed by atoms with E-state index in [1.807, 2.05) is 0 Å². The fraction of sp³-hybridized carbons (Fsp3) is 0.440. The summed E-state index contributed by atoms with van der Waals surface area (Å²) in [6.45, 7) is 7.93. The Morgan fingerprint density at radius 2 is 1.74 bits per heavy atom. The highest BCUT2D eigenvalue weighted by molar-refractivity contribution is 6.45. The molecule has 1 aliphatic heterocycles. The Balaban J connectivity index is 1.93. The molecule has 14 nitrogen and oxygen atoms in total. The second-order valence-electron chi connectivity index (χ2n) is 9.78. The molecule has 2 unspecified atom stereocenters. The van der Waals surface area contributed by atoms with Crippen molar-refractivity contribution in [3.63, 3.8) is 0 Å². The average Bonchev–Trinajstić information content (AvgIpc) is 2.82. The molecule has 1 saturated heterocycles. The van der Waals surface area contributed by atoms with Gasteiger partial charge in [0.15, 0.2) is 5.71 Å². The summed E-state index contributed by atoms with van der Waals surface area (Å²) >= 11 is 0. The first-order chi connectivity index (χ1) is 18.1. The molecule has 2 atom stereocenters. The van der Waals surface area contributed by atoms with Crippen molar-refractivity contribution in [3.05, 3.63) is 41.1 Å². The second kappa shape index (κ2) is 12.8. The second-order valence-corrected chi connectivity index (χ2v) is 9.78. The number of hydrogen-bond donors (Lipinski definition) is 5. The van der Waals surface area contributed by atoms with Crippen LogP contribution in [0.4, 0.5) is 4.79 Å². The molecule has 1 heterocycles. The number of carbonyl (C=O) groups is 5. The first kappa shape index (κ1) is 30.6. The van der Waals surface area contributed by atoms with Gasteiger partial charge in [-0.05, 0) is 64.5 Å². The van der Waals surface area contributed by atoms with Crippen LogP contribution in [0.25, 0.3) is 0 Å². The number of nitrogens with one attached hydrogen (secondary N) is 2. The van der Waals surface area contributed by atoms with Crippen LogP contribution < -0.4 is 15.4 Å². The van der Waals surface area contributed by atoms with Crippen molar-refractivity contribution in [1.29, 1.82) is 0 Å². The molecule has 1 aromatic carbocycles. The molecule has 212 valence electrons. The van der Waals surface area contributed by atoms with Crippen molar-refractivity contribution < 1.29 is 48.9 Å². The molecule has 1 aliphatic rings. The van der Waals surface area contributed by atoms with Crippen molar-refractivity contribution in [2.45, 2.75) is 58.7 Å². The predicted octanol–water partition coefficient (Wildman–Crippen LogP) is 1.32. The monoisotopic (exact) mass is 548 g/mol. The summed E-state index contributed by atoms with van der Waals surface area (Å²) in [6.07, 6.45) is -0.936. The van der Waals surface area contributed by atoms with Crippen LogP contribution in [0.1, 0.15) is 46.6 Å². The number of hydrogen-bond acceptors (Lipinski definition) is 9. The van der Waals surface area contributed by atoms with Crippen molar-refractivity contribution >= 4 is 35.6 Å². The number of nitrogens with zero attached hydrogens (tertiary/aromatic N) is 2. The third kappa shape index (κ3) is 8.45. The number of benzene rings is 1. The Hall–Kier alpha value is -4.62. The van der Waals surface area contributed by atoms with Gasteiger partial charge in [-0.15, -0.1) is 0 Å². The number of aliphatic carboxylic acids is 2. The summed E-state index contributed by atoms with van der Waals surface area (Å²) in [5.41, 5.74) is -0.717. The van der Waals surface area contributed by atoms with Crippen LogP contribution in [-0.4, -0.2) is 86.7 Å². The van der Waals surface area contributed by atoms with Crippen LogP contribution in [0.5, 0.6) is 5.75 Å². The molecule has 0 aliphatic carbocycles. The number of ether oxygens (including phenoxy) is 2. The van der Waals surface area contributed by atoms with E-state index in [4.69, 9.17) is 9.47 Å². The lowest BCUT2D eigenvalue weighted by molar-refractivity contribution is -0.148. The average molecular weight is 549 g/mol. The van der Waals surface area contributed by atoms with Crippen LogP contribution in [0.15, 0.2) is 40.7 Å². The van der Waals surface area contributed by atoms with Crippen LogP contribution in [0.3, 0.4) is 0 Å². The third-order valence-corrected chi connectivity index (χ3v) is 5.29. The maximum Gasteiger partial charge on any atom is 0.408 e. The van der Waals surface area contributed by atoms with Gasteiger partial charge in [0.2, 0.25) is 0 Å². The number of amides is 3. The zero-order chi connectivity index (χ0) is 29.5. The van der Waals surface area contributed by atoms with E-state index in [9.17, 15) is 39.4 Å². The number of rotatable bonds is 11. The topological polar surface area (TPSA) is 204 Å². The number of carboxylic acid groups (broad SMARTS) is 2. The van der Waals surface area contributed by atoms with Crippen LogP contribution in [0.2, 0.25) is 0 Å². The number of carboxylic acids is 2. The van der Waals surface area contributed by atoms with Gasteiger partial charge >= 0.3 is 18.0 Å². The maximum absolute atomic E-state index is 12.6. The van der Waals surface area contributed by atoms with E-state index in [-0.39, 0.29) is 36.5 Å². The number of carbonyl (C=O) groups excluding carboxylic acids is 3. The lowest BCUT2D eigenvalue weighted by atomic mass is 10.0. The van der Waals surface area contributed by atoms with Crippen LogP contribution in [-0.2, 0) is 23.9 Å². The highest BCUT2D eigenvalue weighted by Crippen LogP contribution is 2.21. The van der Waals surface area contributed by atoms with E-state index in [0.29, 0.717) is 11.3 Å². The molecule has 0 radical (unpaired) electrons. The van der Waals surface area contributed by atoms with Gasteiger partial charge in [0, 0.05) is 12.0 Å². The standard InChI is InChI=1S/C25H32N4O10/c1-13(2)19(23(34)35)29-12-17(21(29)31)26-20(30)18(28-37)14-6-8-15(9-7-14)38-11-10-16(22(32)33)27-24(36)39-25(3,4)5/h6-9,16-17,37H,10-12H2,1-5H3,(H,26,30)(H,27,36)(H,32,33)(H,34,35). The van der Waals surface area contributed by atoms with E-state index in [0.717, 1.165) is 4.90 Å². The highest BCUT2D eigenvalue weighted by Gasteiger charge is 2.42. The number of β-lactam (4-membered cyclic amide) rings is 1. The number of likely N-dealkylation sites (tertiary alicyclic amines) is 1. The summed E-state index contributed by atoms with van der Waals surface area (Å²) in [4.78, 5) is 60.7. The molecule has 1 aromatic rings. The zero-order valence-corrected chi connectivity index (χ0v) is 22.2. The minimum Gasteiger partial charge on any atom is -0.494 e. The Morgan fingerprint density at radius 3 is 2.21 bits per heavy atom. The van der Waals surface area contributed by atoms with Crippen LogP contribution >= 0.6 is 0 Å². The summed E-state index contributed by atoms with van der Waals surface area (Å²) in [6, 6.07) is 3.51. The highest BCUT2D eigenvalue weighted by atomic mass is 16.6. The maximum atomic E-state index is 12.6. The van der Waals surface area contributed by atoms with Crippen LogP contribution in [0, 0.1) is 0 Å². The molecule has 1 fully saturated rings. The molecular formula is C25H32N4O10. The van der Waals surface area contributed by atoms with Gasteiger partial charge < -0.3 is 40.4 Å². The Labute approximate surface area is 224 Å². The summed E-state index contributed by atoms with van der Waals surface area (Å²) in [5.74, 6) is -3.67. The van der Waals surface area contributed by atoms with Crippen molar-refractivity contribution in [1.82, 2.24) is 15.5 Å². The normalized spacial score (nSPS) is 15.9. The molecule has 0 aromatic heterocycles. The summed E-state index contributed by atoms with van der Waals surface area (Å²) in [5, 5.41) is 35.7. The number of allylic oxidation sites excluding steroid dienone is 1. The number of oxime groups is 1. The van der Waals surface area contributed by atoms with E-state index in [1.54, 1.807) is 34.6 Å². The summed E-state index contributed by atoms with van der Waals surface area (Å²) < 4.78 is 10.6. The van der Waals surface area contributed by atoms with Gasteiger partial charge in [-0.1, -0.05) is 5.16 Å². The molecule has 0 saturated carbocycles. The molecule has 39 heavy (non-hydrogen) atoms. The quantitative estimate of drug-likeness (QED) is 0.0881. The van der Waals surface area contributed by atoms with Gasteiger partial charge in [0.1, 0.15) is 29.1 Å². The lowest BCUT2D eigenvalue weighted by Gasteiger charge is -2.39. The van der Waals surface area contributed by atoms with E-state index < -0.39 is 47.5 Å². The molecule has 5 N–H and O–H groups in total. The van der Waals surface area contributed by atoms with Crippen molar-refractivity contribution in [2.75, 3.05) is 13.2 Å². The molecular weight excluding hydrogens is 516 g/mol. The molecule has 0 spiro atoms. The minimum atomic E-state index is -1.26. The fourth-order valence-corrected chi connectivity index (χ4v) is 3.51. The molecule has 0 bridgehead atoms. The Kier molecular flexibility index (Phi) is 10.0. The van der Waals surface area contributed by atoms with E-state index in [1.165, 1.54) is 24.3 Å². The van der Waals surface area contributed by atoms with Gasteiger partial charge in [-0.3, -0.25) is 9.59 Å². The first-order valence-corrected chi connectivity index (χ1v) is 11.8. The molecule has 2 rings (SSSR count). The fourth-order valence-electron chi connectivity index (χ4n) is 3.51. The predicted molar refractivity (Wildman–Crippen MR) is 135 cm³/mol. The lowest BCUT2D eigenvalue weighted by Crippen LogP contribution is -2.64. The van der Waals surface area contributed by atoms with Gasteiger partial charge in [-0.2, -0.15) is 0 Å². The first-order valence-electron chi connectivity index (χ1n) is 11.8. The summed E-state index contributed by atoms with van der Waals surface area (Å²) in [7, 11) is 0. The molecule has 14 heteroatoms. The Morgan fingerprint density at radius 1 is 1.13 bits per heavy atom. The SMILES string of the molecule is CC(C)=C(C(=O)O)N1CC(NC(=O)C(=NO)c2ccc(OCCC(NC(=O)OC(C)(C)C)C(=O)O)cc2)C1=O. The number of alkyl carbamates (subject to hydrolysis) is 1. The van der Waals surface area contributed by atoms with Gasteiger partial charge in [0.05, 0.1) is 13.2 Å². The Bertz CT molecular complexity index is 1180. The van der Waals surface area contributed by atoms with E-state index in [2.05, 4.69) is 15.8 Å².